The molecule has 90 valence electrons. The fraction of sp³-hybridized carbons (Fsp3) is 0.500. The van der Waals surface area contributed by atoms with Crippen LogP contribution in [0.4, 0.5) is 0 Å². The smallest absolute Gasteiger partial charge is 0.165 e. The molecule has 1 rings (SSSR count). The molecular formula is C12H17BrO3. The Morgan fingerprint density at radius 2 is 2.00 bits per heavy atom. The highest BCUT2D eigenvalue weighted by atomic mass is 79.9. The van der Waals surface area contributed by atoms with Crippen molar-refractivity contribution in [3.8, 4) is 11.5 Å². The average Bonchev–Trinajstić information content (AvgIpc) is 2.30. The first kappa shape index (κ1) is 13.3. The van der Waals surface area contributed by atoms with Crippen LogP contribution in [-0.2, 0) is 0 Å². The van der Waals surface area contributed by atoms with E-state index in [0.717, 1.165) is 15.6 Å². The van der Waals surface area contributed by atoms with Crippen LogP contribution in [0.15, 0.2) is 10.5 Å². The predicted octanol–water partition coefficient (Wildman–Crippen LogP) is 2.87. The van der Waals surface area contributed by atoms with Crippen molar-refractivity contribution in [1.82, 2.24) is 0 Å². The van der Waals surface area contributed by atoms with Gasteiger partial charge in [0.05, 0.1) is 14.2 Å². The topological polar surface area (TPSA) is 38.7 Å². The molecule has 1 aromatic rings. The molecule has 0 aliphatic heterocycles. The first-order chi connectivity index (χ1) is 7.56. The molecule has 0 amide bonds. The second kappa shape index (κ2) is 5.55. The van der Waals surface area contributed by atoms with Crippen molar-refractivity contribution in [2.75, 3.05) is 20.8 Å². The summed E-state index contributed by atoms with van der Waals surface area (Å²) in [6.07, 6.45) is 0. The van der Waals surface area contributed by atoms with Crippen LogP contribution in [0, 0.1) is 6.92 Å². The minimum absolute atomic E-state index is 0.00174. The van der Waals surface area contributed by atoms with Gasteiger partial charge in [-0.2, -0.15) is 0 Å². The first-order valence-corrected chi connectivity index (χ1v) is 5.87. The Morgan fingerprint density at radius 3 is 2.44 bits per heavy atom. The highest BCUT2D eigenvalue weighted by molar-refractivity contribution is 9.10. The fourth-order valence-electron chi connectivity index (χ4n) is 1.66. The van der Waals surface area contributed by atoms with Gasteiger partial charge in [0, 0.05) is 22.6 Å². The lowest BCUT2D eigenvalue weighted by atomic mass is 9.98. The molecule has 0 aliphatic rings. The molecule has 1 unspecified atom stereocenters. The Bertz CT molecular complexity index is 377. The van der Waals surface area contributed by atoms with E-state index in [1.165, 1.54) is 0 Å². The van der Waals surface area contributed by atoms with E-state index in [1.807, 2.05) is 19.9 Å². The number of halogens is 1. The van der Waals surface area contributed by atoms with Crippen molar-refractivity contribution < 1.29 is 14.6 Å². The maximum atomic E-state index is 9.27. The van der Waals surface area contributed by atoms with Crippen LogP contribution >= 0.6 is 15.9 Å². The van der Waals surface area contributed by atoms with Crippen LogP contribution in [0.3, 0.4) is 0 Å². The quantitative estimate of drug-likeness (QED) is 0.926. The minimum atomic E-state index is -0.00174. The van der Waals surface area contributed by atoms with E-state index in [-0.39, 0.29) is 12.5 Å². The summed E-state index contributed by atoms with van der Waals surface area (Å²) in [5.74, 6) is 1.37. The SMILES string of the molecule is COc1cc(C)c(Br)c(C(C)CO)c1OC. The Kier molecular flexibility index (Phi) is 4.62. The molecule has 0 saturated heterocycles. The molecule has 0 saturated carbocycles. The second-order valence-electron chi connectivity index (χ2n) is 3.74. The predicted molar refractivity (Wildman–Crippen MR) is 67.5 cm³/mol. The summed E-state index contributed by atoms with van der Waals surface area (Å²) in [5.41, 5.74) is 2.01. The van der Waals surface area contributed by atoms with Gasteiger partial charge in [-0.25, -0.2) is 0 Å². The van der Waals surface area contributed by atoms with Crippen molar-refractivity contribution in [3.63, 3.8) is 0 Å². The highest BCUT2D eigenvalue weighted by Crippen LogP contribution is 2.42. The third-order valence-corrected chi connectivity index (χ3v) is 3.64. The number of methoxy groups -OCH3 is 2. The van der Waals surface area contributed by atoms with Gasteiger partial charge >= 0.3 is 0 Å². The molecule has 1 aromatic carbocycles. The van der Waals surface area contributed by atoms with Crippen LogP contribution in [0.25, 0.3) is 0 Å². The molecule has 0 fully saturated rings. The highest BCUT2D eigenvalue weighted by Gasteiger charge is 2.20. The van der Waals surface area contributed by atoms with Crippen molar-refractivity contribution in [1.29, 1.82) is 0 Å². The Balaban J connectivity index is 3.46. The summed E-state index contributed by atoms with van der Waals surface area (Å²) in [6, 6.07) is 1.91. The number of rotatable bonds is 4. The van der Waals surface area contributed by atoms with Gasteiger partial charge < -0.3 is 14.6 Å². The van der Waals surface area contributed by atoms with Gasteiger partial charge in [-0.3, -0.25) is 0 Å². The Hall–Kier alpha value is -0.740. The minimum Gasteiger partial charge on any atom is -0.493 e. The van der Waals surface area contributed by atoms with Crippen LogP contribution < -0.4 is 9.47 Å². The van der Waals surface area contributed by atoms with Crippen LogP contribution in [0.5, 0.6) is 11.5 Å². The molecule has 0 aromatic heterocycles. The van der Waals surface area contributed by atoms with Gasteiger partial charge in [-0.1, -0.05) is 22.9 Å². The van der Waals surface area contributed by atoms with Gasteiger partial charge in [0.25, 0.3) is 0 Å². The first-order valence-electron chi connectivity index (χ1n) is 5.08. The van der Waals surface area contributed by atoms with E-state index >= 15 is 0 Å². The molecule has 1 atom stereocenters. The van der Waals surface area contributed by atoms with Gasteiger partial charge in [0.1, 0.15) is 0 Å². The Morgan fingerprint density at radius 1 is 1.38 bits per heavy atom. The summed E-state index contributed by atoms with van der Waals surface area (Å²) in [6.45, 7) is 4.00. The summed E-state index contributed by atoms with van der Waals surface area (Å²) >= 11 is 3.53. The maximum absolute atomic E-state index is 9.27. The summed E-state index contributed by atoms with van der Waals surface area (Å²) in [7, 11) is 3.21. The third kappa shape index (κ3) is 2.33. The molecule has 16 heavy (non-hydrogen) atoms. The number of aryl methyl sites for hydroxylation is 1. The van der Waals surface area contributed by atoms with Crippen LogP contribution in [0.1, 0.15) is 24.0 Å². The fourth-order valence-corrected chi connectivity index (χ4v) is 2.35. The number of aliphatic hydroxyl groups is 1. The van der Waals surface area contributed by atoms with Crippen molar-refractivity contribution in [3.05, 3.63) is 21.7 Å². The van der Waals surface area contributed by atoms with Gasteiger partial charge in [0.2, 0.25) is 0 Å². The molecule has 3 nitrogen and oxygen atoms in total. The van der Waals surface area contributed by atoms with E-state index in [4.69, 9.17) is 9.47 Å². The normalized spacial score (nSPS) is 12.4. The summed E-state index contributed by atoms with van der Waals surface area (Å²) in [5, 5.41) is 9.27. The number of hydrogen-bond acceptors (Lipinski definition) is 3. The van der Waals surface area contributed by atoms with Gasteiger partial charge in [0.15, 0.2) is 11.5 Å². The largest absolute Gasteiger partial charge is 0.493 e. The average molecular weight is 289 g/mol. The monoisotopic (exact) mass is 288 g/mol. The van der Waals surface area contributed by atoms with Gasteiger partial charge in [-0.15, -0.1) is 0 Å². The zero-order valence-corrected chi connectivity index (χ0v) is 11.6. The van der Waals surface area contributed by atoms with E-state index in [2.05, 4.69) is 15.9 Å². The lowest BCUT2D eigenvalue weighted by molar-refractivity contribution is 0.267. The molecule has 0 radical (unpaired) electrons. The van der Waals surface area contributed by atoms with Crippen LogP contribution in [-0.4, -0.2) is 25.9 Å². The van der Waals surface area contributed by atoms with E-state index < -0.39 is 0 Å². The lowest BCUT2D eigenvalue weighted by Gasteiger charge is -2.19. The van der Waals surface area contributed by atoms with Crippen LogP contribution in [0.2, 0.25) is 0 Å². The number of hydrogen-bond donors (Lipinski definition) is 1. The van der Waals surface area contributed by atoms with E-state index in [1.54, 1.807) is 14.2 Å². The summed E-state index contributed by atoms with van der Waals surface area (Å²) in [4.78, 5) is 0. The molecule has 4 heteroatoms. The zero-order chi connectivity index (χ0) is 12.3. The molecule has 0 bridgehead atoms. The van der Waals surface area contributed by atoms with Crippen molar-refractivity contribution in [2.24, 2.45) is 0 Å². The zero-order valence-electron chi connectivity index (χ0n) is 10.0. The van der Waals surface area contributed by atoms with E-state index in [9.17, 15) is 5.11 Å². The lowest BCUT2D eigenvalue weighted by Crippen LogP contribution is -2.05. The number of benzene rings is 1. The molecular weight excluding hydrogens is 272 g/mol. The van der Waals surface area contributed by atoms with Crippen molar-refractivity contribution in [2.45, 2.75) is 19.8 Å². The Labute approximate surface area is 105 Å². The second-order valence-corrected chi connectivity index (χ2v) is 4.53. The maximum Gasteiger partial charge on any atom is 0.165 e. The molecule has 0 aliphatic carbocycles. The molecule has 0 spiro atoms. The summed E-state index contributed by atoms with van der Waals surface area (Å²) < 4.78 is 11.6. The molecule has 1 N–H and O–H groups in total. The third-order valence-electron chi connectivity index (χ3n) is 2.59. The van der Waals surface area contributed by atoms with Crippen molar-refractivity contribution >= 4 is 15.9 Å². The standard InChI is InChI=1S/C12H17BrO3/c1-7-5-9(15-3)12(16-4)10(11(7)13)8(2)6-14/h5,8,14H,6H2,1-4H3. The molecule has 0 heterocycles. The number of aliphatic hydroxyl groups excluding tert-OH is 1. The van der Waals surface area contributed by atoms with E-state index in [0.29, 0.717) is 11.5 Å². The van der Waals surface area contributed by atoms with Gasteiger partial charge in [-0.05, 0) is 18.6 Å². The number of ether oxygens (including phenoxy) is 2.